The maximum absolute atomic E-state index is 14.2. The van der Waals surface area contributed by atoms with Crippen molar-refractivity contribution in [1.29, 1.82) is 0 Å². The zero-order valence-corrected chi connectivity index (χ0v) is 15.6. The smallest absolute Gasteiger partial charge is 0.232 e. The topological polar surface area (TPSA) is 78.0 Å². The molecule has 10 heteroatoms. The molecule has 0 radical (unpaired) electrons. The zero-order chi connectivity index (χ0) is 20.9. The molecule has 0 aliphatic heterocycles. The Bertz CT molecular complexity index is 1150. The van der Waals surface area contributed by atoms with E-state index in [9.17, 15) is 26.0 Å². The molecule has 28 heavy (non-hydrogen) atoms. The van der Waals surface area contributed by atoms with Gasteiger partial charge in [-0.25, -0.2) is 22.6 Å². The van der Waals surface area contributed by atoms with E-state index in [1.54, 1.807) is 26.0 Å². The number of alkyl halides is 3. The molecule has 0 saturated heterocycles. The van der Waals surface area contributed by atoms with E-state index in [0.717, 1.165) is 34.0 Å². The zero-order valence-electron chi connectivity index (χ0n) is 14.7. The first-order chi connectivity index (χ1) is 12.9. The van der Waals surface area contributed by atoms with E-state index < -0.39 is 32.6 Å². The predicted octanol–water partition coefficient (Wildman–Crippen LogP) is 3.96. The highest BCUT2D eigenvalue weighted by atomic mass is 32.2. The number of halogens is 4. The number of primary sulfonamides is 1. The van der Waals surface area contributed by atoms with Crippen LogP contribution in [0.5, 0.6) is 0 Å². The molecule has 0 atom stereocenters. The molecular weight excluding hydrogens is 398 g/mol. The van der Waals surface area contributed by atoms with Crippen molar-refractivity contribution >= 4 is 10.0 Å². The summed E-state index contributed by atoms with van der Waals surface area (Å²) in [5.74, 6) is -1.17. The van der Waals surface area contributed by atoms with Crippen molar-refractivity contribution in [2.24, 2.45) is 5.14 Å². The van der Waals surface area contributed by atoms with Crippen molar-refractivity contribution in [3.05, 3.63) is 65.1 Å². The SMILES string of the molecule is Cc1cc(C)cc(-n2nc(C(F)(F)F)cc2-c2ccc(S(N)(=O)=O)c(F)c2)c1. The summed E-state index contributed by atoms with van der Waals surface area (Å²) in [6.45, 7) is 3.57. The molecule has 0 aliphatic rings. The van der Waals surface area contributed by atoms with Crippen LogP contribution in [0.1, 0.15) is 16.8 Å². The van der Waals surface area contributed by atoms with Gasteiger partial charge in [0.1, 0.15) is 10.7 Å². The van der Waals surface area contributed by atoms with Crippen molar-refractivity contribution in [1.82, 2.24) is 9.78 Å². The van der Waals surface area contributed by atoms with Crippen molar-refractivity contribution in [2.45, 2.75) is 24.9 Å². The second-order valence-electron chi connectivity index (χ2n) is 6.36. The average molecular weight is 413 g/mol. The van der Waals surface area contributed by atoms with E-state index in [0.29, 0.717) is 5.69 Å². The van der Waals surface area contributed by atoms with Gasteiger partial charge in [0.05, 0.1) is 11.4 Å². The molecule has 2 aromatic carbocycles. The Morgan fingerprint density at radius 3 is 2.11 bits per heavy atom. The first-order valence-electron chi connectivity index (χ1n) is 7.95. The molecule has 5 nitrogen and oxygen atoms in total. The highest BCUT2D eigenvalue weighted by Crippen LogP contribution is 2.34. The fraction of sp³-hybridized carbons (Fsp3) is 0.167. The number of sulfonamides is 1. The Kier molecular flexibility index (Phi) is 4.80. The third-order valence-electron chi connectivity index (χ3n) is 3.98. The monoisotopic (exact) mass is 413 g/mol. The van der Waals surface area contributed by atoms with Crippen LogP contribution in [0.4, 0.5) is 17.6 Å². The van der Waals surface area contributed by atoms with Crippen LogP contribution in [0.25, 0.3) is 16.9 Å². The number of aryl methyl sites for hydroxylation is 2. The van der Waals surface area contributed by atoms with Crippen LogP contribution in [-0.4, -0.2) is 18.2 Å². The molecule has 1 aromatic heterocycles. The molecule has 0 saturated carbocycles. The second-order valence-corrected chi connectivity index (χ2v) is 7.89. The Labute approximate surface area is 158 Å². The maximum Gasteiger partial charge on any atom is 0.435 e. The van der Waals surface area contributed by atoms with Crippen LogP contribution < -0.4 is 5.14 Å². The lowest BCUT2D eigenvalue weighted by atomic mass is 10.1. The van der Waals surface area contributed by atoms with Crippen molar-refractivity contribution < 1.29 is 26.0 Å². The standard InChI is InChI=1S/C18H15F4N3O2S/c1-10-5-11(2)7-13(6-10)25-15(9-17(24-25)18(20,21)22)12-3-4-16(14(19)8-12)28(23,26)27/h3-9H,1-2H3,(H2,23,26,27). The number of benzene rings is 2. The number of hydrogen-bond acceptors (Lipinski definition) is 3. The van der Waals surface area contributed by atoms with E-state index in [2.05, 4.69) is 5.10 Å². The molecule has 1 heterocycles. The van der Waals surface area contributed by atoms with Gasteiger partial charge in [0.25, 0.3) is 0 Å². The van der Waals surface area contributed by atoms with Crippen LogP contribution in [-0.2, 0) is 16.2 Å². The summed E-state index contributed by atoms with van der Waals surface area (Å²) in [7, 11) is -4.30. The molecule has 2 N–H and O–H groups in total. The van der Waals surface area contributed by atoms with Crippen molar-refractivity contribution in [3.63, 3.8) is 0 Å². The number of nitrogens with two attached hydrogens (primary N) is 1. The Morgan fingerprint density at radius 1 is 1.00 bits per heavy atom. The maximum atomic E-state index is 14.2. The largest absolute Gasteiger partial charge is 0.435 e. The van der Waals surface area contributed by atoms with Crippen LogP contribution in [0.2, 0.25) is 0 Å². The van der Waals surface area contributed by atoms with Gasteiger partial charge in [0.15, 0.2) is 5.69 Å². The molecular formula is C18H15F4N3O2S. The third kappa shape index (κ3) is 3.92. The van der Waals surface area contributed by atoms with E-state index in [-0.39, 0.29) is 11.3 Å². The Balaban J connectivity index is 2.26. The van der Waals surface area contributed by atoms with Gasteiger partial charge in [-0.15, -0.1) is 0 Å². The van der Waals surface area contributed by atoms with Gasteiger partial charge in [0.2, 0.25) is 10.0 Å². The first kappa shape index (κ1) is 20.0. The molecule has 0 fully saturated rings. The van der Waals surface area contributed by atoms with Gasteiger partial charge >= 0.3 is 6.18 Å². The number of nitrogens with zero attached hydrogens (tertiary/aromatic N) is 2. The van der Waals surface area contributed by atoms with E-state index >= 15 is 0 Å². The number of rotatable bonds is 3. The van der Waals surface area contributed by atoms with E-state index in [4.69, 9.17) is 5.14 Å². The summed E-state index contributed by atoms with van der Waals surface area (Å²) in [5, 5.41) is 8.57. The lowest BCUT2D eigenvalue weighted by Crippen LogP contribution is -2.14. The number of hydrogen-bond donors (Lipinski definition) is 1. The molecule has 3 rings (SSSR count). The summed E-state index contributed by atoms with van der Waals surface area (Å²) >= 11 is 0. The first-order valence-corrected chi connectivity index (χ1v) is 9.49. The Hall–Kier alpha value is -2.72. The summed E-state index contributed by atoms with van der Waals surface area (Å²) in [6.07, 6.45) is -4.71. The molecule has 0 aliphatic carbocycles. The third-order valence-corrected chi connectivity index (χ3v) is 4.93. The summed E-state index contributed by atoms with van der Waals surface area (Å²) in [5.41, 5.74) is 0.794. The van der Waals surface area contributed by atoms with Gasteiger partial charge in [-0.1, -0.05) is 12.1 Å². The van der Waals surface area contributed by atoms with E-state index in [1.807, 2.05) is 6.07 Å². The lowest BCUT2D eigenvalue weighted by molar-refractivity contribution is -0.141. The molecule has 0 spiro atoms. The fourth-order valence-electron chi connectivity index (χ4n) is 2.89. The van der Waals surface area contributed by atoms with Gasteiger partial charge in [-0.05, 0) is 55.3 Å². The van der Waals surface area contributed by atoms with Crippen molar-refractivity contribution in [2.75, 3.05) is 0 Å². The van der Waals surface area contributed by atoms with Crippen LogP contribution in [0, 0.1) is 19.7 Å². The average Bonchev–Trinajstić information content (AvgIpc) is 2.98. The lowest BCUT2D eigenvalue weighted by Gasteiger charge is -2.11. The fourth-order valence-corrected chi connectivity index (χ4v) is 3.47. The van der Waals surface area contributed by atoms with Gasteiger partial charge in [-0.2, -0.15) is 18.3 Å². The van der Waals surface area contributed by atoms with Crippen LogP contribution in [0.15, 0.2) is 47.4 Å². The van der Waals surface area contributed by atoms with Gasteiger partial charge < -0.3 is 0 Å². The minimum absolute atomic E-state index is 0.0204. The van der Waals surface area contributed by atoms with Crippen LogP contribution in [0.3, 0.4) is 0 Å². The quantitative estimate of drug-likeness (QED) is 0.660. The normalized spacial score (nSPS) is 12.4. The highest BCUT2D eigenvalue weighted by Gasteiger charge is 2.35. The molecule has 3 aromatic rings. The molecule has 0 bridgehead atoms. The minimum Gasteiger partial charge on any atom is -0.232 e. The summed E-state index contributed by atoms with van der Waals surface area (Å²) in [4.78, 5) is -0.746. The minimum atomic E-state index is -4.71. The Morgan fingerprint density at radius 2 is 1.61 bits per heavy atom. The molecule has 148 valence electrons. The highest BCUT2D eigenvalue weighted by molar-refractivity contribution is 7.89. The summed E-state index contributed by atoms with van der Waals surface area (Å²) < 4.78 is 77.7. The number of aromatic nitrogens is 2. The molecule has 0 amide bonds. The molecule has 0 unspecified atom stereocenters. The van der Waals surface area contributed by atoms with Gasteiger partial charge in [0, 0.05) is 5.56 Å². The second kappa shape index (κ2) is 6.71. The van der Waals surface area contributed by atoms with Crippen LogP contribution >= 0.6 is 0 Å². The van der Waals surface area contributed by atoms with Gasteiger partial charge in [-0.3, -0.25) is 0 Å². The summed E-state index contributed by atoms with van der Waals surface area (Å²) in [6, 6.07) is 8.81. The van der Waals surface area contributed by atoms with E-state index in [1.165, 1.54) is 6.07 Å². The predicted molar refractivity (Wildman–Crippen MR) is 94.8 cm³/mol. The van der Waals surface area contributed by atoms with Crippen molar-refractivity contribution in [3.8, 4) is 16.9 Å².